The quantitative estimate of drug-likeness (QED) is 0.117. The molecule has 3 atom stereocenters. The highest BCUT2D eigenvalue weighted by molar-refractivity contribution is 7.90. The summed E-state index contributed by atoms with van der Waals surface area (Å²) in [5.41, 5.74) is 6.40. The van der Waals surface area contributed by atoms with Gasteiger partial charge in [0.1, 0.15) is 28.5 Å². The number of nitrogens with one attached hydrogen (secondary N) is 3. The van der Waals surface area contributed by atoms with E-state index >= 15 is 0 Å². The van der Waals surface area contributed by atoms with E-state index in [1.165, 1.54) is 0 Å². The number of carbonyl (C=O) groups is 3. The summed E-state index contributed by atoms with van der Waals surface area (Å²) in [4.78, 5) is 37.5. The van der Waals surface area contributed by atoms with Gasteiger partial charge in [-0.2, -0.15) is 4.72 Å². The van der Waals surface area contributed by atoms with Crippen molar-refractivity contribution in [3.05, 3.63) is 53.1 Å². The van der Waals surface area contributed by atoms with Crippen molar-refractivity contribution in [1.82, 2.24) is 14.9 Å². The van der Waals surface area contributed by atoms with E-state index in [0.717, 1.165) is 22.6 Å². The Morgan fingerprint density at radius 3 is 2.34 bits per heavy atom. The number of halogens is 1. The molecule has 1 unspecified atom stereocenters. The first-order valence-electron chi connectivity index (χ1n) is 13.5. The molecule has 0 saturated carbocycles. The van der Waals surface area contributed by atoms with Gasteiger partial charge in [0.15, 0.2) is 0 Å². The number of fused-ring (bicyclic) bond motifs is 1. The van der Waals surface area contributed by atoms with Crippen LogP contribution in [0.25, 0.3) is 0 Å². The normalized spacial score (nSPS) is 17.1. The summed E-state index contributed by atoms with van der Waals surface area (Å²) >= 11 is 6.03. The summed E-state index contributed by atoms with van der Waals surface area (Å²) in [6, 6.07) is 8.72. The van der Waals surface area contributed by atoms with Crippen LogP contribution in [-0.2, 0) is 40.9 Å². The molecule has 3 rings (SSSR count). The maximum absolute atomic E-state index is 13.8. The Morgan fingerprint density at radius 2 is 1.75 bits per heavy atom. The number of aryl methyl sites for hydroxylation is 1. The first-order valence-corrected chi connectivity index (χ1v) is 16.9. The van der Waals surface area contributed by atoms with E-state index in [0.29, 0.717) is 25.8 Å². The smallest absolute Gasteiger partial charge is 0.323 e. The molecule has 0 aliphatic carbocycles. The second-order valence-electron chi connectivity index (χ2n) is 10.2. The van der Waals surface area contributed by atoms with Gasteiger partial charge in [-0.15, -0.1) is 0 Å². The third-order valence-corrected chi connectivity index (χ3v) is 9.70. The van der Waals surface area contributed by atoms with Gasteiger partial charge < -0.3 is 26.2 Å². The summed E-state index contributed by atoms with van der Waals surface area (Å²) in [5.74, 6) is -3.35. The molecule has 0 saturated heterocycles. The van der Waals surface area contributed by atoms with Gasteiger partial charge in [0, 0.05) is 0 Å². The molecule has 1 heterocycles. The predicted molar refractivity (Wildman–Crippen MR) is 161 cm³/mol. The van der Waals surface area contributed by atoms with E-state index in [1.54, 1.807) is 0 Å². The van der Waals surface area contributed by atoms with Crippen LogP contribution in [0.2, 0.25) is 5.02 Å². The van der Waals surface area contributed by atoms with Crippen LogP contribution in [0.15, 0.2) is 52.3 Å². The summed E-state index contributed by atoms with van der Waals surface area (Å²) in [5, 5.41) is 29.9. The number of benzene rings is 2. The minimum absolute atomic E-state index is 0.0988. The molecule has 9 N–H and O–H groups in total. The summed E-state index contributed by atoms with van der Waals surface area (Å²) in [7, 11) is -8.73. The van der Waals surface area contributed by atoms with Crippen LogP contribution >= 0.6 is 11.6 Å². The molecule has 15 nitrogen and oxygen atoms in total. The SMILES string of the molecule is NCCCC[C@H](N[C@@H](CCc1ccccc1)C(=O)O)C(=O)N(CC(=O)O)CC1Nc2cc(Cl)c(S(N)(=O)=O)cc2S(=O)(=O)N1. The van der Waals surface area contributed by atoms with Gasteiger partial charge in [0.25, 0.3) is 0 Å². The maximum atomic E-state index is 13.8. The first-order chi connectivity index (χ1) is 20.6. The Hall–Kier alpha value is -3.32. The number of anilines is 1. The molecule has 1 amide bonds. The number of nitrogens with two attached hydrogens (primary N) is 2. The van der Waals surface area contributed by atoms with E-state index in [9.17, 15) is 41.4 Å². The van der Waals surface area contributed by atoms with Crippen molar-refractivity contribution in [3.8, 4) is 0 Å². The molecule has 2 aromatic rings. The van der Waals surface area contributed by atoms with Gasteiger partial charge in [-0.1, -0.05) is 48.4 Å². The fraction of sp³-hybridized carbons (Fsp3) is 0.423. The van der Waals surface area contributed by atoms with Gasteiger partial charge in [-0.3, -0.25) is 19.7 Å². The van der Waals surface area contributed by atoms with Crippen LogP contribution in [-0.4, -0.2) is 87.7 Å². The molecule has 0 aromatic heterocycles. The van der Waals surface area contributed by atoms with Crippen molar-refractivity contribution in [2.75, 3.05) is 25.0 Å². The highest BCUT2D eigenvalue weighted by atomic mass is 35.5. The zero-order valence-electron chi connectivity index (χ0n) is 23.5. The molecule has 2 aromatic carbocycles. The lowest BCUT2D eigenvalue weighted by Gasteiger charge is -2.34. The zero-order valence-corrected chi connectivity index (χ0v) is 25.9. The molecule has 1 aliphatic heterocycles. The van der Waals surface area contributed by atoms with Crippen LogP contribution in [0.3, 0.4) is 0 Å². The largest absolute Gasteiger partial charge is 0.480 e. The molecule has 18 heteroatoms. The second kappa shape index (κ2) is 15.1. The summed E-state index contributed by atoms with van der Waals surface area (Å²) in [6.45, 7) is -0.998. The number of unbranched alkanes of at least 4 members (excludes halogenated alkanes) is 1. The number of carboxylic acids is 2. The summed E-state index contributed by atoms with van der Waals surface area (Å²) in [6.07, 6.45) is 0.370. The van der Waals surface area contributed by atoms with Gasteiger partial charge in [-0.25, -0.2) is 22.0 Å². The minimum atomic E-state index is -4.38. The molecule has 1 aliphatic rings. The lowest BCUT2D eigenvalue weighted by Crippen LogP contribution is -2.57. The lowest BCUT2D eigenvalue weighted by atomic mass is 10.0. The molecular weight excluding hydrogens is 640 g/mol. The molecular formula is C26H35ClN6O9S2. The number of rotatable bonds is 16. The Bertz CT molecular complexity index is 1580. The molecule has 0 fully saturated rings. The Balaban J connectivity index is 1.86. The van der Waals surface area contributed by atoms with Gasteiger partial charge in [0.2, 0.25) is 26.0 Å². The van der Waals surface area contributed by atoms with Crippen molar-refractivity contribution >= 4 is 55.2 Å². The average molecular weight is 675 g/mol. The third kappa shape index (κ3) is 9.59. The lowest BCUT2D eigenvalue weighted by molar-refractivity contribution is -0.146. The molecule has 242 valence electrons. The topological polar surface area (TPSA) is 251 Å². The van der Waals surface area contributed by atoms with E-state index in [4.69, 9.17) is 22.5 Å². The van der Waals surface area contributed by atoms with Crippen molar-refractivity contribution in [2.45, 2.75) is 60.1 Å². The number of aliphatic carboxylic acids is 2. The molecule has 0 bridgehead atoms. The van der Waals surface area contributed by atoms with Crippen molar-refractivity contribution in [2.24, 2.45) is 10.9 Å². The van der Waals surface area contributed by atoms with Gasteiger partial charge >= 0.3 is 11.9 Å². The Labute approximate surface area is 260 Å². The van der Waals surface area contributed by atoms with Crippen molar-refractivity contribution in [3.63, 3.8) is 0 Å². The summed E-state index contributed by atoms with van der Waals surface area (Å²) < 4.78 is 52.0. The number of amides is 1. The highest BCUT2D eigenvalue weighted by Gasteiger charge is 2.36. The number of hydrogen-bond acceptors (Lipinski definition) is 10. The Morgan fingerprint density at radius 1 is 1.07 bits per heavy atom. The van der Waals surface area contributed by atoms with E-state index in [1.807, 2.05) is 30.3 Å². The second-order valence-corrected chi connectivity index (χ2v) is 13.8. The van der Waals surface area contributed by atoms with Crippen molar-refractivity contribution in [1.29, 1.82) is 0 Å². The average Bonchev–Trinajstić information content (AvgIpc) is 2.92. The van der Waals surface area contributed by atoms with E-state index < -0.39 is 79.0 Å². The number of nitrogens with zero attached hydrogens (tertiary/aromatic N) is 1. The van der Waals surface area contributed by atoms with Crippen LogP contribution in [0, 0.1) is 0 Å². The van der Waals surface area contributed by atoms with Gasteiger partial charge in [0.05, 0.1) is 23.3 Å². The maximum Gasteiger partial charge on any atom is 0.323 e. The fourth-order valence-electron chi connectivity index (χ4n) is 4.72. The number of carboxylic acid groups (broad SMARTS) is 2. The predicted octanol–water partition coefficient (Wildman–Crippen LogP) is 0.104. The fourth-order valence-corrected chi connectivity index (χ4v) is 7.21. The monoisotopic (exact) mass is 674 g/mol. The van der Waals surface area contributed by atoms with E-state index in [-0.39, 0.29) is 23.6 Å². The molecule has 44 heavy (non-hydrogen) atoms. The number of sulfonamides is 2. The highest BCUT2D eigenvalue weighted by Crippen LogP contribution is 2.33. The van der Waals surface area contributed by atoms with Gasteiger partial charge in [-0.05, 0) is 49.9 Å². The van der Waals surface area contributed by atoms with Crippen LogP contribution in [0.5, 0.6) is 0 Å². The van der Waals surface area contributed by atoms with Crippen LogP contribution < -0.4 is 26.2 Å². The van der Waals surface area contributed by atoms with Crippen LogP contribution in [0.4, 0.5) is 5.69 Å². The number of hydrogen-bond donors (Lipinski definition) is 7. The number of primary sulfonamides is 1. The van der Waals surface area contributed by atoms with Crippen molar-refractivity contribution < 1.29 is 41.4 Å². The first kappa shape index (κ1) is 35.2. The standard InChI is InChI=1S/C26H35ClN6O9S2/c27-17-12-20-22(13-21(17)43(29,39)40)44(41,42)32-23(31-20)14-33(15-24(34)35)25(36)18(8-4-5-11-28)30-19(26(37)38)10-9-16-6-2-1-3-7-16/h1-3,6-7,12-13,18-19,23,30-32H,4-5,8-11,14-15,28H2,(H,34,35)(H,37,38)(H2,29,39,40)/t18-,19-,23?/m0/s1. The zero-order chi connectivity index (χ0) is 32.7. The molecule has 0 radical (unpaired) electrons. The number of carbonyl (C=O) groups excluding carboxylic acids is 1. The minimum Gasteiger partial charge on any atom is -0.480 e. The van der Waals surface area contributed by atoms with Crippen LogP contribution in [0.1, 0.15) is 31.2 Å². The van der Waals surface area contributed by atoms with E-state index in [2.05, 4.69) is 15.4 Å². The third-order valence-electron chi connectivity index (χ3n) is 6.81. The molecule has 0 spiro atoms. The Kier molecular flexibility index (Phi) is 12.1.